The van der Waals surface area contributed by atoms with Crippen LogP contribution < -0.4 is 16.4 Å². The molecule has 0 spiro atoms. The maximum atomic E-state index is 13.4. The normalized spacial score (nSPS) is 22.2. The molecule has 1 saturated carbocycles. The lowest BCUT2D eigenvalue weighted by atomic mass is 9.91. The van der Waals surface area contributed by atoms with Gasteiger partial charge in [-0.25, -0.2) is 4.39 Å². The van der Waals surface area contributed by atoms with Crippen molar-refractivity contribution in [1.29, 1.82) is 0 Å². The quantitative estimate of drug-likeness (QED) is 0.573. The highest BCUT2D eigenvalue weighted by atomic mass is 19.1. The van der Waals surface area contributed by atoms with Gasteiger partial charge in [0.05, 0.1) is 6.54 Å². The van der Waals surface area contributed by atoms with Crippen molar-refractivity contribution in [2.24, 2.45) is 10.7 Å². The fourth-order valence-electron chi connectivity index (χ4n) is 2.70. The Hall–Kier alpha value is -1.66. The van der Waals surface area contributed by atoms with Gasteiger partial charge in [-0.2, -0.15) is 0 Å². The van der Waals surface area contributed by atoms with Crippen LogP contribution in [0.1, 0.15) is 25.7 Å². The number of hydrogen-bond donors (Lipinski definition) is 3. The molecule has 23 heavy (non-hydrogen) atoms. The van der Waals surface area contributed by atoms with Crippen molar-refractivity contribution in [3.05, 3.63) is 30.1 Å². The van der Waals surface area contributed by atoms with E-state index in [0.717, 1.165) is 19.4 Å². The topological polar surface area (TPSA) is 65.7 Å². The van der Waals surface area contributed by atoms with Crippen LogP contribution in [0.5, 0.6) is 0 Å². The molecule has 0 amide bonds. The number of likely N-dealkylation sites (N-methyl/N-ethyl adjacent to an activating group) is 1. The molecule has 128 valence electrons. The molecule has 6 heteroatoms. The molecule has 1 aliphatic carbocycles. The smallest absolute Gasteiger partial charge is 0.196 e. The second-order valence-electron chi connectivity index (χ2n) is 6.37. The molecule has 2 rings (SSSR count). The van der Waals surface area contributed by atoms with Crippen LogP contribution in [0.3, 0.4) is 0 Å². The first-order chi connectivity index (χ1) is 11.0. The van der Waals surface area contributed by atoms with Crippen molar-refractivity contribution >= 4 is 11.6 Å². The minimum Gasteiger partial charge on any atom is -0.352 e. The molecule has 0 aliphatic heterocycles. The van der Waals surface area contributed by atoms with Crippen LogP contribution in [-0.4, -0.2) is 50.1 Å². The molecule has 1 aromatic rings. The van der Waals surface area contributed by atoms with E-state index in [1.54, 1.807) is 6.07 Å². The van der Waals surface area contributed by atoms with Crippen molar-refractivity contribution in [3.63, 3.8) is 0 Å². The number of hydrogen-bond acceptors (Lipinski definition) is 3. The van der Waals surface area contributed by atoms with Crippen LogP contribution in [0, 0.1) is 5.82 Å². The molecule has 0 saturated heterocycles. The lowest BCUT2D eigenvalue weighted by Crippen LogP contribution is -2.51. The molecule has 2 atom stereocenters. The molecule has 0 unspecified atom stereocenters. The Balaban J connectivity index is 2.04. The summed E-state index contributed by atoms with van der Waals surface area (Å²) in [6.07, 6.45) is 4.43. The SMILES string of the molecule is CN(C)CCN=C(Nc1cccc(F)c1)N[C@H]1CCCC[C@@H]1N. The summed E-state index contributed by atoms with van der Waals surface area (Å²) in [7, 11) is 4.03. The summed E-state index contributed by atoms with van der Waals surface area (Å²) in [6, 6.07) is 6.75. The van der Waals surface area contributed by atoms with Crippen molar-refractivity contribution in [2.45, 2.75) is 37.8 Å². The van der Waals surface area contributed by atoms with Gasteiger partial charge < -0.3 is 21.3 Å². The van der Waals surface area contributed by atoms with E-state index in [9.17, 15) is 4.39 Å². The third kappa shape index (κ3) is 6.15. The van der Waals surface area contributed by atoms with Crippen LogP contribution in [0.15, 0.2) is 29.3 Å². The van der Waals surface area contributed by atoms with Gasteiger partial charge in [0.15, 0.2) is 5.96 Å². The largest absolute Gasteiger partial charge is 0.352 e. The van der Waals surface area contributed by atoms with E-state index >= 15 is 0 Å². The fraction of sp³-hybridized carbons (Fsp3) is 0.588. The zero-order chi connectivity index (χ0) is 16.7. The van der Waals surface area contributed by atoms with Gasteiger partial charge in [-0.05, 0) is 45.1 Å². The zero-order valence-corrected chi connectivity index (χ0v) is 14.1. The first-order valence-corrected chi connectivity index (χ1v) is 8.28. The maximum Gasteiger partial charge on any atom is 0.196 e. The predicted molar refractivity (Wildman–Crippen MR) is 94.2 cm³/mol. The van der Waals surface area contributed by atoms with E-state index in [1.807, 2.05) is 20.2 Å². The summed E-state index contributed by atoms with van der Waals surface area (Å²) in [5.74, 6) is 0.400. The minimum atomic E-state index is -0.267. The summed E-state index contributed by atoms with van der Waals surface area (Å²) in [5, 5.41) is 6.61. The number of rotatable bonds is 5. The highest BCUT2D eigenvalue weighted by Gasteiger charge is 2.22. The predicted octanol–water partition coefficient (Wildman–Crippen LogP) is 2.01. The Kier molecular flexibility index (Phi) is 6.80. The van der Waals surface area contributed by atoms with Crippen LogP contribution in [0.25, 0.3) is 0 Å². The lowest BCUT2D eigenvalue weighted by molar-refractivity contribution is 0.359. The van der Waals surface area contributed by atoms with Gasteiger partial charge in [0.25, 0.3) is 0 Å². The molecule has 4 N–H and O–H groups in total. The molecule has 1 aliphatic rings. The van der Waals surface area contributed by atoms with Crippen LogP contribution >= 0.6 is 0 Å². The number of nitrogens with one attached hydrogen (secondary N) is 2. The average Bonchev–Trinajstić information content (AvgIpc) is 2.49. The van der Waals surface area contributed by atoms with Gasteiger partial charge in [0.2, 0.25) is 0 Å². The Bertz CT molecular complexity index is 517. The number of guanidine groups is 1. The molecule has 0 heterocycles. The standard InChI is InChI=1S/C17H28FN5/c1-23(2)11-10-20-17(21-14-7-5-6-13(18)12-14)22-16-9-4-3-8-15(16)19/h5-7,12,15-16H,3-4,8-11,19H2,1-2H3,(H2,20,21,22)/t15-,16-/m0/s1. The van der Waals surface area contributed by atoms with Crippen LogP contribution in [-0.2, 0) is 0 Å². The number of anilines is 1. The van der Waals surface area contributed by atoms with Crippen molar-refractivity contribution in [1.82, 2.24) is 10.2 Å². The van der Waals surface area contributed by atoms with Crippen LogP contribution in [0.2, 0.25) is 0 Å². The summed E-state index contributed by atoms with van der Waals surface area (Å²) < 4.78 is 13.4. The van der Waals surface area contributed by atoms with Gasteiger partial charge in [0, 0.05) is 24.3 Å². The van der Waals surface area contributed by atoms with E-state index in [4.69, 9.17) is 5.73 Å². The summed E-state index contributed by atoms with van der Waals surface area (Å²) in [4.78, 5) is 6.67. The molecule has 0 radical (unpaired) electrons. The molecule has 1 aromatic carbocycles. The number of halogens is 1. The molecule has 1 fully saturated rings. The Morgan fingerprint density at radius 3 is 2.83 bits per heavy atom. The van der Waals surface area contributed by atoms with Gasteiger partial charge in [0.1, 0.15) is 5.82 Å². The number of benzene rings is 1. The van der Waals surface area contributed by atoms with E-state index in [2.05, 4.69) is 20.5 Å². The van der Waals surface area contributed by atoms with E-state index < -0.39 is 0 Å². The van der Waals surface area contributed by atoms with Crippen molar-refractivity contribution in [3.8, 4) is 0 Å². The Morgan fingerprint density at radius 1 is 1.35 bits per heavy atom. The third-order valence-electron chi connectivity index (χ3n) is 4.05. The van der Waals surface area contributed by atoms with Crippen molar-refractivity contribution in [2.75, 3.05) is 32.5 Å². The second kappa shape index (κ2) is 8.84. The third-order valence-corrected chi connectivity index (χ3v) is 4.05. The molecule has 5 nitrogen and oxygen atoms in total. The van der Waals surface area contributed by atoms with Crippen molar-refractivity contribution < 1.29 is 4.39 Å². The highest BCUT2D eigenvalue weighted by Crippen LogP contribution is 2.17. The summed E-state index contributed by atoms with van der Waals surface area (Å²) in [5.41, 5.74) is 6.89. The Labute approximate surface area is 138 Å². The van der Waals surface area contributed by atoms with Gasteiger partial charge in [-0.3, -0.25) is 4.99 Å². The fourth-order valence-corrected chi connectivity index (χ4v) is 2.70. The second-order valence-corrected chi connectivity index (χ2v) is 6.37. The maximum absolute atomic E-state index is 13.4. The molecular weight excluding hydrogens is 293 g/mol. The van der Waals surface area contributed by atoms with E-state index in [0.29, 0.717) is 18.2 Å². The Morgan fingerprint density at radius 2 is 2.13 bits per heavy atom. The number of nitrogens with zero attached hydrogens (tertiary/aromatic N) is 2. The minimum absolute atomic E-state index is 0.136. The van der Waals surface area contributed by atoms with Crippen LogP contribution in [0.4, 0.5) is 10.1 Å². The summed E-state index contributed by atoms with van der Waals surface area (Å²) in [6.45, 7) is 1.52. The van der Waals surface area contributed by atoms with E-state index in [1.165, 1.54) is 25.0 Å². The highest BCUT2D eigenvalue weighted by molar-refractivity contribution is 5.93. The van der Waals surface area contributed by atoms with E-state index in [-0.39, 0.29) is 17.9 Å². The lowest BCUT2D eigenvalue weighted by Gasteiger charge is -2.30. The number of nitrogens with two attached hydrogens (primary N) is 1. The van der Waals surface area contributed by atoms with Gasteiger partial charge in [-0.1, -0.05) is 18.9 Å². The first kappa shape index (κ1) is 17.7. The zero-order valence-electron chi connectivity index (χ0n) is 14.1. The average molecular weight is 321 g/mol. The molecular formula is C17H28FN5. The first-order valence-electron chi connectivity index (χ1n) is 8.28. The molecule has 0 bridgehead atoms. The van der Waals surface area contributed by atoms with Gasteiger partial charge >= 0.3 is 0 Å². The molecule has 0 aromatic heterocycles. The monoisotopic (exact) mass is 321 g/mol. The van der Waals surface area contributed by atoms with Gasteiger partial charge in [-0.15, -0.1) is 0 Å². The number of aliphatic imine (C=N–C) groups is 1. The summed E-state index contributed by atoms with van der Waals surface area (Å²) >= 11 is 0.